The summed E-state index contributed by atoms with van der Waals surface area (Å²) in [4.78, 5) is 7.17. The van der Waals surface area contributed by atoms with Gasteiger partial charge in [0.2, 0.25) is 0 Å². The Bertz CT molecular complexity index is 302. The maximum atomic E-state index is 8.48. The molecule has 248 valence electrons. The molecule has 17 heteroatoms. The monoisotopic (exact) mass is 644 g/mol. The number of aliphatic hydroxyl groups excluding tert-OH is 12. The van der Waals surface area contributed by atoms with Crippen molar-refractivity contribution in [1.29, 1.82) is 0 Å². The molecule has 0 amide bonds. The van der Waals surface area contributed by atoms with E-state index >= 15 is 0 Å². The van der Waals surface area contributed by atoms with Crippen LogP contribution < -0.4 is 0 Å². The molecule has 16 nitrogen and oxygen atoms in total. The van der Waals surface area contributed by atoms with Gasteiger partial charge in [-0.05, 0) is 0 Å². The van der Waals surface area contributed by atoms with Gasteiger partial charge in [-0.15, -0.1) is 0 Å². The number of hydrogen-bond donors (Lipinski definition) is 12. The van der Waals surface area contributed by atoms with Crippen LogP contribution in [0.15, 0.2) is 0 Å². The van der Waals surface area contributed by atoms with E-state index in [4.69, 9.17) is 61.3 Å². The summed E-state index contributed by atoms with van der Waals surface area (Å²) in [5.74, 6) is 0. The summed E-state index contributed by atoms with van der Waals surface area (Å²) in [5, 5.41) is 102. The first kappa shape index (κ1) is 50.7. The molecule has 0 bridgehead atoms. The van der Waals surface area contributed by atoms with Crippen LogP contribution in [-0.2, 0) is 21.7 Å². The van der Waals surface area contributed by atoms with Crippen molar-refractivity contribution < 1.29 is 83.0 Å². The largest absolute Gasteiger partial charge is 4.00 e. The molecule has 41 heavy (non-hydrogen) atoms. The molecule has 0 spiro atoms. The molecule has 0 unspecified atom stereocenters. The molecule has 0 aromatic heterocycles. The van der Waals surface area contributed by atoms with Gasteiger partial charge in [-0.3, -0.25) is 19.6 Å². The second-order valence-electron chi connectivity index (χ2n) is 8.05. The fourth-order valence-corrected chi connectivity index (χ4v) is 3.04. The molecular formula is C24H60N4O12Ti+4. The van der Waals surface area contributed by atoms with Gasteiger partial charge >= 0.3 is 21.7 Å². The topological polar surface area (TPSA) is 256 Å². The van der Waals surface area contributed by atoms with Crippen molar-refractivity contribution in [2.45, 2.75) is 0 Å². The van der Waals surface area contributed by atoms with Gasteiger partial charge in [-0.1, -0.05) is 0 Å². The van der Waals surface area contributed by atoms with E-state index in [0.717, 1.165) is 0 Å². The van der Waals surface area contributed by atoms with Gasteiger partial charge in [0.05, 0.1) is 79.3 Å². The molecule has 0 saturated heterocycles. The van der Waals surface area contributed by atoms with Crippen LogP contribution in [0.1, 0.15) is 0 Å². The fraction of sp³-hybridized carbons (Fsp3) is 1.00. The second-order valence-corrected chi connectivity index (χ2v) is 8.05. The Morgan fingerprint density at radius 2 is 0.268 bits per heavy atom. The van der Waals surface area contributed by atoms with Gasteiger partial charge in [0.25, 0.3) is 0 Å². The van der Waals surface area contributed by atoms with Crippen molar-refractivity contribution in [2.75, 3.05) is 158 Å². The van der Waals surface area contributed by atoms with Crippen LogP contribution in [0.3, 0.4) is 0 Å². The fourth-order valence-electron chi connectivity index (χ4n) is 3.04. The summed E-state index contributed by atoms with van der Waals surface area (Å²) in [6.45, 7) is 7.01. The Morgan fingerprint density at radius 1 is 0.195 bits per heavy atom. The van der Waals surface area contributed by atoms with Gasteiger partial charge in [0, 0.05) is 78.5 Å². The van der Waals surface area contributed by atoms with E-state index in [1.54, 1.807) is 19.6 Å². The number of aliphatic hydroxyl groups is 12. The molecule has 0 aliphatic rings. The SMILES string of the molecule is OCCN(CCO)CCO.OCCN(CCO)CCO.OCCN(CCO)CCO.OCCN(CCO)CCO.[Ti+4]. The molecule has 0 aromatic rings. The maximum Gasteiger partial charge on any atom is 4.00 e. The van der Waals surface area contributed by atoms with E-state index in [-0.39, 0.29) is 101 Å². The minimum Gasteiger partial charge on any atom is -0.395 e. The summed E-state index contributed by atoms with van der Waals surface area (Å²) in [5.41, 5.74) is 0. The van der Waals surface area contributed by atoms with Gasteiger partial charge < -0.3 is 61.3 Å². The predicted octanol–water partition coefficient (Wildman–Crippen LogP) is -6.94. The Kier molecular flexibility index (Phi) is 58.1. The van der Waals surface area contributed by atoms with Crippen molar-refractivity contribution in [2.24, 2.45) is 0 Å². The third-order valence-corrected chi connectivity index (χ3v) is 4.99. The zero-order chi connectivity index (χ0) is 31.3. The van der Waals surface area contributed by atoms with Gasteiger partial charge in [0.1, 0.15) is 0 Å². The Labute approximate surface area is 260 Å². The molecular weight excluding hydrogens is 584 g/mol. The molecule has 0 radical (unpaired) electrons. The molecule has 12 N–H and O–H groups in total. The summed E-state index contributed by atoms with van der Waals surface area (Å²) in [6.07, 6.45) is 0. The molecule has 0 aliphatic carbocycles. The van der Waals surface area contributed by atoms with Crippen LogP contribution in [0, 0.1) is 0 Å². The van der Waals surface area contributed by atoms with Crippen LogP contribution in [0.4, 0.5) is 0 Å². The van der Waals surface area contributed by atoms with E-state index in [9.17, 15) is 0 Å². The molecule has 0 aromatic carbocycles. The van der Waals surface area contributed by atoms with Crippen LogP contribution in [0.25, 0.3) is 0 Å². The number of nitrogens with zero attached hydrogens (tertiary/aromatic N) is 4. The summed E-state index contributed by atoms with van der Waals surface area (Å²) >= 11 is 0. The van der Waals surface area contributed by atoms with E-state index in [0.29, 0.717) is 78.5 Å². The molecule has 0 rings (SSSR count). The van der Waals surface area contributed by atoms with E-state index in [1.807, 2.05) is 0 Å². The third-order valence-electron chi connectivity index (χ3n) is 4.99. The van der Waals surface area contributed by atoms with Crippen LogP contribution >= 0.6 is 0 Å². The van der Waals surface area contributed by atoms with Gasteiger partial charge in [-0.25, -0.2) is 0 Å². The van der Waals surface area contributed by atoms with Crippen molar-refractivity contribution in [3.05, 3.63) is 0 Å². The normalized spacial score (nSPS) is 10.5. The molecule has 0 atom stereocenters. The Hall–Kier alpha value is 0.0743. The first-order valence-electron chi connectivity index (χ1n) is 13.6. The van der Waals surface area contributed by atoms with Crippen LogP contribution in [0.5, 0.6) is 0 Å². The second kappa shape index (κ2) is 47.0. The quantitative estimate of drug-likeness (QED) is 0.0436. The minimum atomic E-state index is 0. The summed E-state index contributed by atoms with van der Waals surface area (Å²) < 4.78 is 0. The Morgan fingerprint density at radius 3 is 0.317 bits per heavy atom. The zero-order valence-corrected chi connectivity index (χ0v) is 26.2. The van der Waals surface area contributed by atoms with Crippen molar-refractivity contribution in [1.82, 2.24) is 19.6 Å². The number of rotatable bonds is 24. The average Bonchev–Trinajstić information content (AvgIpc) is 2.92. The standard InChI is InChI=1S/4C6H15NO3.Ti/c4*8-4-1-7(2-5-9)3-6-10;/h4*8-10H,1-6H2;/q;;;;+4. The molecule has 0 aliphatic heterocycles. The molecule has 0 heterocycles. The first-order chi connectivity index (χ1) is 19.4. The molecule has 0 saturated carbocycles. The van der Waals surface area contributed by atoms with Gasteiger partial charge in [-0.2, -0.15) is 0 Å². The van der Waals surface area contributed by atoms with Gasteiger partial charge in [0.15, 0.2) is 0 Å². The number of hydrogen-bond acceptors (Lipinski definition) is 16. The summed E-state index contributed by atoms with van der Waals surface area (Å²) in [7, 11) is 0. The summed E-state index contributed by atoms with van der Waals surface area (Å²) in [6, 6.07) is 0. The van der Waals surface area contributed by atoms with Crippen molar-refractivity contribution >= 4 is 0 Å². The molecule has 0 fully saturated rings. The minimum absolute atomic E-state index is 0. The van der Waals surface area contributed by atoms with Crippen molar-refractivity contribution in [3.8, 4) is 0 Å². The Balaban J connectivity index is -0.000000139. The van der Waals surface area contributed by atoms with Crippen molar-refractivity contribution in [3.63, 3.8) is 0 Å². The zero-order valence-electron chi connectivity index (χ0n) is 24.6. The van der Waals surface area contributed by atoms with Crippen LogP contribution in [0.2, 0.25) is 0 Å². The maximum absolute atomic E-state index is 8.48. The van der Waals surface area contributed by atoms with E-state index < -0.39 is 0 Å². The van der Waals surface area contributed by atoms with E-state index in [2.05, 4.69) is 0 Å². The first-order valence-corrected chi connectivity index (χ1v) is 13.6. The smallest absolute Gasteiger partial charge is 0.395 e. The average molecular weight is 645 g/mol. The predicted molar refractivity (Wildman–Crippen MR) is 151 cm³/mol. The van der Waals surface area contributed by atoms with Crippen LogP contribution in [-0.4, -0.2) is 239 Å². The van der Waals surface area contributed by atoms with E-state index in [1.165, 1.54) is 0 Å². The third kappa shape index (κ3) is 44.6.